The lowest BCUT2D eigenvalue weighted by molar-refractivity contribution is -0.116. The Morgan fingerprint density at radius 3 is 2.60 bits per heavy atom. The fraction of sp³-hybridized carbons (Fsp3) is 0.238. The quantitative estimate of drug-likeness (QED) is 0.514. The van der Waals surface area contributed by atoms with Gasteiger partial charge in [-0.15, -0.1) is 11.3 Å². The highest BCUT2D eigenvalue weighted by Gasteiger charge is 2.16. The normalized spacial score (nSPS) is 11.3. The van der Waals surface area contributed by atoms with E-state index in [0.29, 0.717) is 5.13 Å². The van der Waals surface area contributed by atoms with Gasteiger partial charge in [0.15, 0.2) is 15.0 Å². The van der Waals surface area contributed by atoms with Crippen molar-refractivity contribution in [2.24, 2.45) is 0 Å². The molecule has 3 aromatic rings. The van der Waals surface area contributed by atoms with Crippen molar-refractivity contribution in [2.75, 3.05) is 18.2 Å². The number of carbonyl (C=O) groups is 1. The number of anilines is 1. The number of halogens is 1. The molecule has 1 N–H and O–H groups in total. The average Bonchev–Trinajstić information content (AvgIpc) is 3.16. The van der Waals surface area contributed by atoms with E-state index in [0.717, 1.165) is 34.7 Å². The molecule has 0 spiro atoms. The standard InChI is InChI=1S/C21H21FN2O4S2/c1-14-12-15(5-10-19(14)28-2)18-13-29-21(23-18)24-20(25)4-3-11-30(26,27)17-8-6-16(22)7-9-17/h5-10,12-13H,3-4,11H2,1-2H3,(H,23,24,25). The first kappa shape index (κ1) is 21.9. The number of ether oxygens (including phenoxy) is 1. The van der Waals surface area contributed by atoms with E-state index < -0.39 is 15.7 Å². The number of hydrogen-bond donors (Lipinski definition) is 1. The smallest absolute Gasteiger partial charge is 0.226 e. The predicted molar refractivity (Wildman–Crippen MR) is 115 cm³/mol. The maximum Gasteiger partial charge on any atom is 0.226 e. The van der Waals surface area contributed by atoms with E-state index >= 15 is 0 Å². The zero-order chi connectivity index (χ0) is 21.7. The largest absolute Gasteiger partial charge is 0.496 e. The molecule has 3 rings (SSSR count). The van der Waals surface area contributed by atoms with Crippen LogP contribution in [0.4, 0.5) is 9.52 Å². The third-order valence-corrected chi connectivity index (χ3v) is 7.01. The highest BCUT2D eigenvalue weighted by atomic mass is 32.2. The molecule has 9 heteroatoms. The number of aromatic nitrogens is 1. The third kappa shape index (κ3) is 5.43. The second-order valence-corrected chi connectivity index (χ2v) is 9.61. The van der Waals surface area contributed by atoms with Crippen LogP contribution in [-0.4, -0.2) is 32.2 Å². The zero-order valence-electron chi connectivity index (χ0n) is 16.5. The van der Waals surface area contributed by atoms with E-state index in [2.05, 4.69) is 10.3 Å². The second kappa shape index (κ2) is 9.36. The Hall–Kier alpha value is -2.78. The molecule has 1 heterocycles. The Morgan fingerprint density at radius 1 is 1.20 bits per heavy atom. The van der Waals surface area contributed by atoms with Crippen molar-refractivity contribution in [3.63, 3.8) is 0 Å². The Balaban J connectivity index is 1.54. The first-order chi connectivity index (χ1) is 14.3. The number of amides is 1. The fourth-order valence-electron chi connectivity index (χ4n) is 2.87. The van der Waals surface area contributed by atoms with Gasteiger partial charge in [-0.2, -0.15) is 0 Å². The average molecular weight is 449 g/mol. The summed E-state index contributed by atoms with van der Waals surface area (Å²) in [5.41, 5.74) is 2.63. The van der Waals surface area contributed by atoms with E-state index in [9.17, 15) is 17.6 Å². The number of methoxy groups -OCH3 is 1. The minimum Gasteiger partial charge on any atom is -0.496 e. The van der Waals surface area contributed by atoms with Gasteiger partial charge in [-0.3, -0.25) is 4.79 Å². The van der Waals surface area contributed by atoms with Gasteiger partial charge in [0.25, 0.3) is 0 Å². The summed E-state index contributed by atoms with van der Waals surface area (Å²) in [6.45, 7) is 1.94. The molecule has 6 nitrogen and oxygen atoms in total. The van der Waals surface area contributed by atoms with Crippen molar-refractivity contribution in [2.45, 2.75) is 24.7 Å². The van der Waals surface area contributed by atoms with Crippen LogP contribution >= 0.6 is 11.3 Å². The van der Waals surface area contributed by atoms with Crippen LogP contribution < -0.4 is 10.1 Å². The van der Waals surface area contributed by atoms with E-state index in [-0.39, 0.29) is 29.4 Å². The van der Waals surface area contributed by atoms with Gasteiger partial charge in [0, 0.05) is 17.4 Å². The SMILES string of the molecule is COc1ccc(-c2csc(NC(=O)CCCS(=O)(=O)c3ccc(F)cc3)n2)cc1C. The molecular formula is C21H21FN2O4S2. The van der Waals surface area contributed by atoms with Crippen molar-refractivity contribution < 1.29 is 22.3 Å². The summed E-state index contributed by atoms with van der Waals surface area (Å²) in [5, 5.41) is 4.99. The van der Waals surface area contributed by atoms with Gasteiger partial charge in [0.1, 0.15) is 11.6 Å². The monoisotopic (exact) mass is 448 g/mol. The molecule has 0 aliphatic rings. The number of nitrogens with zero attached hydrogens (tertiary/aromatic N) is 1. The van der Waals surface area contributed by atoms with Crippen LogP contribution in [-0.2, 0) is 14.6 Å². The molecule has 0 unspecified atom stereocenters. The van der Waals surface area contributed by atoms with Gasteiger partial charge in [-0.05, 0) is 61.4 Å². The third-order valence-electron chi connectivity index (χ3n) is 4.43. The van der Waals surface area contributed by atoms with Gasteiger partial charge in [0.05, 0.1) is 23.5 Å². The van der Waals surface area contributed by atoms with Gasteiger partial charge in [0.2, 0.25) is 5.91 Å². The zero-order valence-corrected chi connectivity index (χ0v) is 18.1. The molecule has 0 aliphatic carbocycles. The molecule has 0 bridgehead atoms. The van der Waals surface area contributed by atoms with Gasteiger partial charge in [-0.1, -0.05) is 0 Å². The van der Waals surface area contributed by atoms with Gasteiger partial charge >= 0.3 is 0 Å². The number of nitrogens with one attached hydrogen (secondary N) is 1. The first-order valence-electron chi connectivity index (χ1n) is 9.17. The van der Waals surface area contributed by atoms with Crippen LogP contribution in [0.3, 0.4) is 0 Å². The number of benzene rings is 2. The molecule has 158 valence electrons. The Labute approximate surface area is 178 Å². The van der Waals surface area contributed by atoms with Crippen molar-refractivity contribution in [3.05, 3.63) is 59.2 Å². The van der Waals surface area contributed by atoms with Crippen LogP contribution in [0.5, 0.6) is 5.75 Å². The maximum absolute atomic E-state index is 12.9. The van der Waals surface area contributed by atoms with E-state index in [4.69, 9.17) is 4.74 Å². The summed E-state index contributed by atoms with van der Waals surface area (Å²) < 4.78 is 42.7. The minimum absolute atomic E-state index is 0.0387. The van der Waals surface area contributed by atoms with Crippen molar-refractivity contribution in [1.29, 1.82) is 0 Å². The summed E-state index contributed by atoms with van der Waals surface area (Å²) >= 11 is 1.30. The number of rotatable bonds is 8. The van der Waals surface area contributed by atoms with E-state index in [1.54, 1.807) is 7.11 Å². The number of aryl methyl sites for hydroxylation is 1. The molecule has 0 saturated heterocycles. The highest BCUT2D eigenvalue weighted by Crippen LogP contribution is 2.28. The van der Waals surface area contributed by atoms with E-state index in [1.165, 1.54) is 23.5 Å². The summed E-state index contributed by atoms with van der Waals surface area (Å²) in [6, 6.07) is 10.4. The fourth-order valence-corrected chi connectivity index (χ4v) is 4.91. The summed E-state index contributed by atoms with van der Waals surface area (Å²) in [4.78, 5) is 16.6. The molecular weight excluding hydrogens is 427 g/mol. The van der Waals surface area contributed by atoms with Crippen LogP contribution in [0, 0.1) is 12.7 Å². The number of carbonyl (C=O) groups excluding carboxylic acids is 1. The molecule has 30 heavy (non-hydrogen) atoms. The van der Waals surface area contributed by atoms with Crippen LogP contribution in [0.15, 0.2) is 52.7 Å². The van der Waals surface area contributed by atoms with Gasteiger partial charge in [-0.25, -0.2) is 17.8 Å². The maximum atomic E-state index is 12.9. The van der Waals surface area contributed by atoms with Crippen molar-refractivity contribution in [3.8, 4) is 17.0 Å². The number of hydrogen-bond acceptors (Lipinski definition) is 6. The van der Waals surface area contributed by atoms with Crippen LogP contribution in [0.2, 0.25) is 0 Å². The molecule has 1 aromatic heterocycles. The second-order valence-electron chi connectivity index (χ2n) is 6.65. The topological polar surface area (TPSA) is 85.4 Å². The molecule has 0 radical (unpaired) electrons. The molecule has 0 aliphatic heterocycles. The molecule has 2 aromatic carbocycles. The van der Waals surface area contributed by atoms with Crippen LogP contribution in [0.1, 0.15) is 18.4 Å². The molecule has 0 saturated carbocycles. The Bertz CT molecular complexity index is 1140. The Kier molecular flexibility index (Phi) is 6.84. The number of sulfone groups is 1. The van der Waals surface area contributed by atoms with Gasteiger partial charge < -0.3 is 10.1 Å². The minimum atomic E-state index is -3.56. The molecule has 1 amide bonds. The molecule has 0 atom stereocenters. The summed E-state index contributed by atoms with van der Waals surface area (Å²) in [6.07, 6.45) is 0.193. The number of thiazole rings is 1. The summed E-state index contributed by atoms with van der Waals surface area (Å²) in [7, 11) is -1.94. The van der Waals surface area contributed by atoms with Crippen molar-refractivity contribution >= 4 is 32.2 Å². The lowest BCUT2D eigenvalue weighted by Crippen LogP contribution is -2.14. The van der Waals surface area contributed by atoms with Crippen molar-refractivity contribution in [1.82, 2.24) is 4.98 Å². The first-order valence-corrected chi connectivity index (χ1v) is 11.7. The summed E-state index contributed by atoms with van der Waals surface area (Å²) in [5.74, 6) is -0.213. The lowest BCUT2D eigenvalue weighted by Gasteiger charge is -2.06. The van der Waals surface area contributed by atoms with E-state index in [1.807, 2.05) is 30.5 Å². The lowest BCUT2D eigenvalue weighted by atomic mass is 10.1. The highest BCUT2D eigenvalue weighted by molar-refractivity contribution is 7.91. The Morgan fingerprint density at radius 2 is 1.93 bits per heavy atom. The van der Waals surface area contributed by atoms with Crippen LogP contribution in [0.25, 0.3) is 11.3 Å². The predicted octanol–water partition coefficient (Wildman–Crippen LogP) is 4.46. The molecule has 0 fully saturated rings.